The number of hydrogen-bond donors (Lipinski definition) is 2. The molecule has 0 aliphatic heterocycles. The summed E-state index contributed by atoms with van der Waals surface area (Å²) in [6.07, 6.45) is 0. The summed E-state index contributed by atoms with van der Waals surface area (Å²) in [5, 5.41) is 6.52. The SMILES string of the molecule is CC(=O)c1cccc(Nc2cc(NCC(C)C)nc(C)n2)c1. The molecule has 5 nitrogen and oxygen atoms in total. The summed E-state index contributed by atoms with van der Waals surface area (Å²) in [5.74, 6) is 2.78. The Morgan fingerprint density at radius 3 is 2.59 bits per heavy atom. The van der Waals surface area contributed by atoms with E-state index in [0.717, 1.165) is 18.1 Å². The summed E-state index contributed by atoms with van der Waals surface area (Å²) in [7, 11) is 0. The average Bonchev–Trinajstić information content (AvgIpc) is 2.45. The van der Waals surface area contributed by atoms with Gasteiger partial charge in [-0.2, -0.15) is 0 Å². The molecule has 0 atom stereocenters. The van der Waals surface area contributed by atoms with Crippen LogP contribution in [0.1, 0.15) is 37.0 Å². The van der Waals surface area contributed by atoms with Crippen molar-refractivity contribution in [3.8, 4) is 0 Å². The number of hydrogen-bond acceptors (Lipinski definition) is 5. The number of carbonyl (C=O) groups is 1. The first kappa shape index (κ1) is 15.9. The molecule has 0 aliphatic carbocycles. The van der Waals surface area contributed by atoms with Crippen LogP contribution in [-0.2, 0) is 0 Å². The Hall–Kier alpha value is -2.43. The Kier molecular flexibility index (Phi) is 5.09. The first-order valence-electron chi connectivity index (χ1n) is 7.41. The van der Waals surface area contributed by atoms with Crippen molar-refractivity contribution in [1.29, 1.82) is 0 Å². The molecule has 0 spiro atoms. The zero-order valence-electron chi connectivity index (χ0n) is 13.5. The minimum atomic E-state index is 0.0433. The highest BCUT2D eigenvalue weighted by atomic mass is 16.1. The number of aromatic nitrogens is 2. The smallest absolute Gasteiger partial charge is 0.159 e. The van der Waals surface area contributed by atoms with Gasteiger partial charge in [0.15, 0.2) is 5.78 Å². The number of rotatable bonds is 6. The van der Waals surface area contributed by atoms with Gasteiger partial charge in [0.25, 0.3) is 0 Å². The molecule has 0 bridgehead atoms. The summed E-state index contributed by atoms with van der Waals surface area (Å²) >= 11 is 0. The first-order chi connectivity index (χ1) is 10.4. The van der Waals surface area contributed by atoms with Gasteiger partial charge >= 0.3 is 0 Å². The number of anilines is 3. The third-order valence-corrected chi connectivity index (χ3v) is 3.07. The Labute approximate surface area is 131 Å². The van der Waals surface area contributed by atoms with Crippen LogP contribution in [0.2, 0.25) is 0 Å². The van der Waals surface area contributed by atoms with E-state index in [-0.39, 0.29) is 5.78 Å². The van der Waals surface area contributed by atoms with Crippen LogP contribution in [0.25, 0.3) is 0 Å². The Morgan fingerprint density at radius 1 is 1.18 bits per heavy atom. The topological polar surface area (TPSA) is 66.9 Å². The molecule has 2 rings (SSSR count). The molecule has 1 aromatic heterocycles. The van der Waals surface area contributed by atoms with Gasteiger partial charge in [0, 0.05) is 23.9 Å². The van der Waals surface area contributed by atoms with Crippen molar-refractivity contribution >= 4 is 23.1 Å². The minimum Gasteiger partial charge on any atom is -0.370 e. The van der Waals surface area contributed by atoms with Crippen molar-refractivity contribution in [3.63, 3.8) is 0 Å². The fraction of sp³-hybridized carbons (Fsp3) is 0.353. The van der Waals surface area contributed by atoms with Crippen LogP contribution >= 0.6 is 0 Å². The molecule has 2 aromatic rings. The molecule has 0 unspecified atom stereocenters. The highest BCUT2D eigenvalue weighted by Gasteiger charge is 2.05. The van der Waals surface area contributed by atoms with Gasteiger partial charge in [0.2, 0.25) is 0 Å². The van der Waals surface area contributed by atoms with E-state index in [0.29, 0.717) is 23.1 Å². The molecule has 0 fully saturated rings. The second-order valence-electron chi connectivity index (χ2n) is 5.72. The van der Waals surface area contributed by atoms with Crippen LogP contribution in [0.4, 0.5) is 17.3 Å². The maximum atomic E-state index is 11.4. The van der Waals surface area contributed by atoms with E-state index in [1.54, 1.807) is 13.0 Å². The van der Waals surface area contributed by atoms with E-state index < -0.39 is 0 Å². The molecule has 1 heterocycles. The van der Waals surface area contributed by atoms with E-state index >= 15 is 0 Å². The number of benzene rings is 1. The minimum absolute atomic E-state index is 0.0433. The maximum Gasteiger partial charge on any atom is 0.159 e. The Morgan fingerprint density at radius 2 is 1.91 bits per heavy atom. The van der Waals surface area contributed by atoms with Gasteiger partial charge < -0.3 is 10.6 Å². The monoisotopic (exact) mass is 298 g/mol. The van der Waals surface area contributed by atoms with E-state index in [2.05, 4.69) is 34.4 Å². The molecule has 0 amide bonds. The van der Waals surface area contributed by atoms with Crippen LogP contribution in [0, 0.1) is 12.8 Å². The van der Waals surface area contributed by atoms with Crippen molar-refractivity contribution in [2.24, 2.45) is 5.92 Å². The summed E-state index contributed by atoms with van der Waals surface area (Å²) in [5.41, 5.74) is 1.51. The lowest BCUT2D eigenvalue weighted by atomic mass is 10.1. The van der Waals surface area contributed by atoms with Gasteiger partial charge in [0.1, 0.15) is 17.5 Å². The van der Waals surface area contributed by atoms with Gasteiger partial charge in [0.05, 0.1) is 0 Å². The lowest BCUT2D eigenvalue weighted by Gasteiger charge is -2.12. The average molecular weight is 298 g/mol. The lowest BCUT2D eigenvalue weighted by Crippen LogP contribution is -2.10. The third-order valence-electron chi connectivity index (χ3n) is 3.07. The summed E-state index contributed by atoms with van der Waals surface area (Å²) in [6.45, 7) is 8.57. The number of carbonyl (C=O) groups excluding carboxylic acids is 1. The van der Waals surface area contributed by atoms with Crippen LogP contribution < -0.4 is 10.6 Å². The Balaban J connectivity index is 2.18. The number of ketones is 1. The predicted molar refractivity (Wildman–Crippen MR) is 89.8 cm³/mol. The van der Waals surface area contributed by atoms with Gasteiger partial charge in [-0.05, 0) is 31.9 Å². The van der Waals surface area contributed by atoms with E-state index in [1.807, 2.05) is 31.2 Å². The normalized spacial score (nSPS) is 10.6. The number of nitrogens with one attached hydrogen (secondary N) is 2. The fourth-order valence-corrected chi connectivity index (χ4v) is 1.99. The lowest BCUT2D eigenvalue weighted by molar-refractivity contribution is 0.101. The molecule has 0 saturated heterocycles. The molecular formula is C17H22N4O. The number of aryl methyl sites for hydroxylation is 1. The second-order valence-corrected chi connectivity index (χ2v) is 5.72. The molecule has 5 heteroatoms. The number of nitrogens with zero attached hydrogens (tertiary/aromatic N) is 2. The zero-order valence-corrected chi connectivity index (χ0v) is 13.5. The Bertz CT molecular complexity index is 667. The van der Waals surface area contributed by atoms with E-state index in [4.69, 9.17) is 0 Å². The molecular weight excluding hydrogens is 276 g/mol. The molecule has 116 valence electrons. The second kappa shape index (κ2) is 7.02. The van der Waals surface area contributed by atoms with E-state index in [9.17, 15) is 4.79 Å². The van der Waals surface area contributed by atoms with Gasteiger partial charge in [-0.25, -0.2) is 9.97 Å². The highest BCUT2D eigenvalue weighted by Crippen LogP contribution is 2.19. The van der Waals surface area contributed by atoms with Crippen molar-refractivity contribution < 1.29 is 4.79 Å². The van der Waals surface area contributed by atoms with Crippen molar-refractivity contribution in [2.75, 3.05) is 17.2 Å². The van der Waals surface area contributed by atoms with Crippen LogP contribution in [-0.4, -0.2) is 22.3 Å². The van der Waals surface area contributed by atoms with Crippen LogP contribution in [0.5, 0.6) is 0 Å². The molecule has 22 heavy (non-hydrogen) atoms. The predicted octanol–water partition coefficient (Wildman–Crippen LogP) is 3.80. The highest BCUT2D eigenvalue weighted by molar-refractivity contribution is 5.95. The molecule has 2 N–H and O–H groups in total. The quantitative estimate of drug-likeness (QED) is 0.794. The van der Waals surface area contributed by atoms with Crippen molar-refractivity contribution in [1.82, 2.24) is 9.97 Å². The number of Topliss-reactive ketones (excluding diaryl/α,β-unsaturated/α-hetero) is 1. The van der Waals surface area contributed by atoms with Crippen molar-refractivity contribution in [3.05, 3.63) is 41.7 Å². The van der Waals surface area contributed by atoms with Gasteiger partial charge in [-0.1, -0.05) is 26.0 Å². The molecule has 0 saturated carbocycles. The summed E-state index contributed by atoms with van der Waals surface area (Å²) in [4.78, 5) is 20.2. The third kappa shape index (κ3) is 4.55. The van der Waals surface area contributed by atoms with Crippen LogP contribution in [0.3, 0.4) is 0 Å². The molecule has 0 aliphatic rings. The summed E-state index contributed by atoms with van der Waals surface area (Å²) in [6, 6.07) is 9.25. The van der Waals surface area contributed by atoms with E-state index in [1.165, 1.54) is 0 Å². The molecule has 0 radical (unpaired) electrons. The van der Waals surface area contributed by atoms with Gasteiger partial charge in [-0.3, -0.25) is 4.79 Å². The fourth-order valence-electron chi connectivity index (χ4n) is 1.99. The largest absolute Gasteiger partial charge is 0.370 e. The molecule has 1 aromatic carbocycles. The van der Waals surface area contributed by atoms with Gasteiger partial charge in [-0.15, -0.1) is 0 Å². The standard InChI is InChI=1S/C17H22N4O/c1-11(2)10-18-16-9-17(20-13(4)19-16)21-15-7-5-6-14(8-15)12(3)22/h5-9,11H,10H2,1-4H3,(H2,18,19,20,21). The maximum absolute atomic E-state index is 11.4. The first-order valence-corrected chi connectivity index (χ1v) is 7.41. The zero-order chi connectivity index (χ0) is 16.1. The summed E-state index contributed by atoms with van der Waals surface area (Å²) < 4.78 is 0. The van der Waals surface area contributed by atoms with Crippen LogP contribution in [0.15, 0.2) is 30.3 Å². The van der Waals surface area contributed by atoms with Crippen molar-refractivity contribution in [2.45, 2.75) is 27.7 Å².